The van der Waals surface area contributed by atoms with E-state index < -0.39 is 0 Å². The average molecular weight is 203 g/mol. The lowest BCUT2D eigenvalue weighted by atomic mass is 10.1. The van der Waals surface area contributed by atoms with Crippen molar-refractivity contribution in [3.05, 3.63) is 36.2 Å². The molecule has 0 spiro atoms. The molecule has 0 radical (unpaired) electrons. The zero-order valence-electron chi connectivity index (χ0n) is 9.00. The van der Waals surface area contributed by atoms with Crippen molar-refractivity contribution in [3.63, 3.8) is 0 Å². The van der Waals surface area contributed by atoms with Crippen LogP contribution in [0.4, 0.5) is 0 Å². The number of rotatable bonds is 3. The van der Waals surface area contributed by atoms with Crippen LogP contribution in [0.3, 0.4) is 0 Å². The SMILES string of the molecule is CCOc1ccc(-c2c[nH+][nH]c2C)cc1. The van der Waals surface area contributed by atoms with Crippen LogP contribution >= 0.6 is 0 Å². The van der Waals surface area contributed by atoms with Gasteiger partial charge < -0.3 is 4.74 Å². The molecular weight excluding hydrogens is 188 g/mol. The van der Waals surface area contributed by atoms with Gasteiger partial charge in [0.1, 0.15) is 5.75 Å². The molecule has 0 atom stereocenters. The summed E-state index contributed by atoms with van der Waals surface area (Å²) < 4.78 is 5.39. The lowest BCUT2D eigenvalue weighted by Gasteiger charge is -2.03. The molecule has 0 unspecified atom stereocenters. The highest BCUT2D eigenvalue weighted by Gasteiger charge is 2.06. The van der Waals surface area contributed by atoms with Crippen LogP contribution in [0.5, 0.6) is 5.75 Å². The van der Waals surface area contributed by atoms with Crippen LogP contribution < -0.4 is 9.84 Å². The third-order valence-electron chi connectivity index (χ3n) is 2.36. The van der Waals surface area contributed by atoms with Gasteiger partial charge in [-0.2, -0.15) is 5.10 Å². The predicted molar refractivity (Wildman–Crippen MR) is 58.7 cm³/mol. The Hall–Kier alpha value is -1.77. The van der Waals surface area contributed by atoms with Crippen molar-refractivity contribution in [3.8, 4) is 16.9 Å². The quantitative estimate of drug-likeness (QED) is 0.816. The standard InChI is InChI=1S/C12H14N2O/c1-3-15-11-6-4-10(5-7-11)12-8-13-14-9(12)2/h4-8H,3H2,1-2H3,(H,13,14)/p+1. The summed E-state index contributed by atoms with van der Waals surface area (Å²) in [6.07, 6.45) is 1.96. The summed E-state index contributed by atoms with van der Waals surface area (Å²) in [5, 5.41) is 6.03. The van der Waals surface area contributed by atoms with Gasteiger partial charge in [0.05, 0.1) is 17.9 Å². The predicted octanol–water partition coefficient (Wildman–Crippen LogP) is 2.20. The van der Waals surface area contributed by atoms with Crippen molar-refractivity contribution in [2.75, 3.05) is 6.61 Å². The molecule has 3 heteroatoms. The van der Waals surface area contributed by atoms with E-state index >= 15 is 0 Å². The van der Waals surface area contributed by atoms with Gasteiger partial charge in [-0.15, -0.1) is 5.10 Å². The molecule has 0 fully saturated rings. The second-order valence-electron chi connectivity index (χ2n) is 3.41. The second kappa shape index (κ2) is 4.17. The molecule has 0 saturated carbocycles. The van der Waals surface area contributed by atoms with Crippen LogP contribution in [0.2, 0.25) is 0 Å². The first kappa shape index (κ1) is 9.77. The lowest BCUT2D eigenvalue weighted by Crippen LogP contribution is -1.97. The molecule has 2 N–H and O–H groups in total. The van der Waals surface area contributed by atoms with E-state index in [1.807, 2.05) is 32.2 Å². The summed E-state index contributed by atoms with van der Waals surface area (Å²) in [7, 11) is 0. The maximum atomic E-state index is 5.39. The molecule has 0 amide bonds. The molecule has 0 bridgehead atoms. The minimum Gasteiger partial charge on any atom is -0.494 e. The Balaban J connectivity index is 2.28. The van der Waals surface area contributed by atoms with Crippen LogP contribution in [0.25, 0.3) is 11.1 Å². The molecule has 0 aliphatic heterocycles. The van der Waals surface area contributed by atoms with Gasteiger partial charge in [0, 0.05) is 0 Å². The number of hydrogen-bond acceptors (Lipinski definition) is 1. The number of hydrogen-bond donors (Lipinski definition) is 1. The van der Waals surface area contributed by atoms with Crippen LogP contribution in [0.15, 0.2) is 30.5 Å². The fraction of sp³-hybridized carbons (Fsp3) is 0.250. The third kappa shape index (κ3) is 2.01. The first-order valence-electron chi connectivity index (χ1n) is 5.10. The minimum atomic E-state index is 0.705. The van der Waals surface area contributed by atoms with Crippen molar-refractivity contribution in [1.29, 1.82) is 0 Å². The van der Waals surface area contributed by atoms with Crippen LogP contribution in [0, 0.1) is 6.92 Å². The van der Waals surface area contributed by atoms with Gasteiger partial charge in [0.25, 0.3) is 0 Å². The van der Waals surface area contributed by atoms with E-state index in [0.29, 0.717) is 6.61 Å². The van der Waals surface area contributed by atoms with Crippen LogP contribution in [0.1, 0.15) is 12.6 Å². The fourth-order valence-corrected chi connectivity index (χ4v) is 1.59. The maximum Gasteiger partial charge on any atom is 0.200 e. The Morgan fingerprint density at radius 2 is 2.00 bits per heavy atom. The van der Waals surface area contributed by atoms with Crippen molar-refractivity contribution < 1.29 is 9.84 Å². The number of aromatic amines is 2. The summed E-state index contributed by atoms with van der Waals surface area (Å²) in [6.45, 7) is 4.73. The van der Waals surface area contributed by atoms with Gasteiger partial charge >= 0.3 is 0 Å². The number of aryl methyl sites for hydroxylation is 1. The van der Waals surface area contributed by atoms with E-state index in [1.54, 1.807) is 0 Å². The van der Waals surface area contributed by atoms with E-state index in [0.717, 1.165) is 11.4 Å². The fourth-order valence-electron chi connectivity index (χ4n) is 1.59. The topological polar surface area (TPSA) is 39.2 Å². The van der Waals surface area contributed by atoms with Crippen LogP contribution in [-0.4, -0.2) is 11.7 Å². The molecule has 3 nitrogen and oxygen atoms in total. The van der Waals surface area contributed by atoms with E-state index in [9.17, 15) is 0 Å². The summed E-state index contributed by atoms with van der Waals surface area (Å²) in [4.78, 5) is 0. The zero-order valence-corrected chi connectivity index (χ0v) is 9.00. The molecule has 0 aliphatic carbocycles. The highest BCUT2D eigenvalue weighted by atomic mass is 16.5. The Kier molecular flexibility index (Phi) is 2.72. The average Bonchev–Trinajstić information content (AvgIpc) is 2.66. The summed E-state index contributed by atoms with van der Waals surface area (Å²) in [5.41, 5.74) is 3.52. The molecular formula is C12H15N2O+. The van der Waals surface area contributed by atoms with E-state index in [4.69, 9.17) is 4.74 Å². The van der Waals surface area contributed by atoms with Gasteiger partial charge in [-0.3, -0.25) is 0 Å². The highest BCUT2D eigenvalue weighted by Crippen LogP contribution is 2.22. The van der Waals surface area contributed by atoms with E-state index in [1.165, 1.54) is 11.1 Å². The number of ether oxygens (including phenoxy) is 1. The Bertz CT molecular complexity index is 431. The van der Waals surface area contributed by atoms with Gasteiger partial charge in [0.2, 0.25) is 6.20 Å². The maximum absolute atomic E-state index is 5.39. The van der Waals surface area contributed by atoms with Crippen molar-refractivity contribution >= 4 is 0 Å². The largest absolute Gasteiger partial charge is 0.494 e. The normalized spacial score (nSPS) is 10.3. The molecule has 15 heavy (non-hydrogen) atoms. The number of H-pyrrole nitrogens is 2. The number of aromatic nitrogens is 2. The molecule has 2 rings (SSSR count). The smallest absolute Gasteiger partial charge is 0.200 e. The summed E-state index contributed by atoms with van der Waals surface area (Å²) in [6, 6.07) is 8.11. The van der Waals surface area contributed by atoms with Gasteiger partial charge in [-0.1, -0.05) is 12.1 Å². The van der Waals surface area contributed by atoms with E-state index in [-0.39, 0.29) is 0 Å². The summed E-state index contributed by atoms with van der Waals surface area (Å²) in [5.74, 6) is 0.915. The highest BCUT2D eigenvalue weighted by molar-refractivity contribution is 5.64. The van der Waals surface area contributed by atoms with E-state index in [2.05, 4.69) is 22.3 Å². The first-order chi connectivity index (χ1) is 7.31. The van der Waals surface area contributed by atoms with Gasteiger partial charge in [-0.05, 0) is 31.5 Å². The third-order valence-corrected chi connectivity index (χ3v) is 2.36. The Morgan fingerprint density at radius 1 is 1.27 bits per heavy atom. The lowest BCUT2D eigenvalue weighted by molar-refractivity contribution is -0.449. The molecule has 1 aromatic heterocycles. The molecule has 0 aliphatic rings. The zero-order chi connectivity index (χ0) is 10.7. The molecule has 78 valence electrons. The van der Waals surface area contributed by atoms with Crippen molar-refractivity contribution in [2.45, 2.75) is 13.8 Å². The Labute approximate surface area is 89.1 Å². The Morgan fingerprint density at radius 3 is 2.53 bits per heavy atom. The molecule has 1 heterocycles. The van der Waals surface area contributed by atoms with Gasteiger partial charge in [-0.25, -0.2) is 0 Å². The number of nitrogens with one attached hydrogen (secondary N) is 2. The molecule has 1 aromatic carbocycles. The molecule has 2 aromatic rings. The minimum absolute atomic E-state index is 0.705. The first-order valence-corrected chi connectivity index (χ1v) is 5.10. The monoisotopic (exact) mass is 203 g/mol. The second-order valence-corrected chi connectivity index (χ2v) is 3.41. The molecule has 0 saturated heterocycles. The van der Waals surface area contributed by atoms with Crippen LogP contribution in [-0.2, 0) is 0 Å². The number of benzene rings is 1. The van der Waals surface area contributed by atoms with Crippen molar-refractivity contribution in [2.24, 2.45) is 0 Å². The summed E-state index contributed by atoms with van der Waals surface area (Å²) >= 11 is 0. The van der Waals surface area contributed by atoms with Gasteiger partial charge in [0.15, 0.2) is 0 Å². The van der Waals surface area contributed by atoms with Crippen molar-refractivity contribution in [1.82, 2.24) is 5.10 Å².